The molecule has 0 radical (unpaired) electrons. The number of hydrogen-bond donors (Lipinski definition) is 0. The van der Waals surface area contributed by atoms with E-state index in [9.17, 15) is 4.79 Å². The molecule has 0 bridgehead atoms. The number of rotatable bonds is 7. The van der Waals surface area contributed by atoms with E-state index in [0.29, 0.717) is 0 Å². The van der Waals surface area contributed by atoms with E-state index in [0.717, 1.165) is 11.5 Å². The standard InChI is InChI=1S/C9H17BrO2S/c1-3-4-5-6-13-7-8(10)9(11)12-2/h8H,3-7H2,1-2H3. The van der Waals surface area contributed by atoms with Crippen molar-refractivity contribution in [2.45, 2.75) is 31.0 Å². The normalized spacial score (nSPS) is 12.5. The maximum absolute atomic E-state index is 10.9. The summed E-state index contributed by atoms with van der Waals surface area (Å²) in [6.45, 7) is 2.19. The average molecular weight is 269 g/mol. The fourth-order valence-corrected chi connectivity index (χ4v) is 2.50. The Morgan fingerprint density at radius 3 is 2.77 bits per heavy atom. The van der Waals surface area contributed by atoms with Gasteiger partial charge < -0.3 is 4.74 Å². The quantitative estimate of drug-likeness (QED) is 0.404. The van der Waals surface area contributed by atoms with Crippen LogP contribution in [0.5, 0.6) is 0 Å². The molecular weight excluding hydrogens is 252 g/mol. The first-order valence-electron chi connectivity index (χ1n) is 4.52. The highest BCUT2D eigenvalue weighted by Crippen LogP contribution is 2.13. The Balaban J connectivity index is 3.26. The summed E-state index contributed by atoms with van der Waals surface area (Å²) in [7, 11) is 1.42. The summed E-state index contributed by atoms with van der Waals surface area (Å²) in [5, 5.41) is 0. The molecule has 2 nitrogen and oxygen atoms in total. The fourth-order valence-electron chi connectivity index (χ4n) is 0.837. The van der Waals surface area contributed by atoms with Crippen LogP contribution < -0.4 is 0 Å². The Morgan fingerprint density at radius 2 is 2.23 bits per heavy atom. The van der Waals surface area contributed by atoms with Crippen LogP contribution in [0.15, 0.2) is 0 Å². The van der Waals surface area contributed by atoms with Gasteiger partial charge in [-0.1, -0.05) is 35.7 Å². The molecule has 0 rings (SSSR count). The van der Waals surface area contributed by atoms with Crippen molar-refractivity contribution >= 4 is 33.7 Å². The molecule has 0 N–H and O–H groups in total. The molecule has 13 heavy (non-hydrogen) atoms. The van der Waals surface area contributed by atoms with Crippen LogP contribution in [0.3, 0.4) is 0 Å². The van der Waals surface area contributed by atoms with E-state index < -0.39 is 0 Å². The minimum atomic E-state index is -0.178. The van der Waals surface area contributed by atoms with Gasteiger partial charge in [-0.15, -0.1) is 0 Å². The third kappa shape index (κ3) is 7.38. The largest absolute Gasteiger partial charge is 0.468 e. The molecule has 1 unspecified atom stereocenters. The van der Waals surface area contributed by atoms with Crippen molar-refractivity contribution in [3.63, 3.8) is 0 Å². The zero-order chi connectivity index (χ0) is 10.1. The molecular formula is C9H17BrO2S. The highest BCUT2D eigenvalue weighted by atomic mass is 79.9. The van der Waals surface area contributed by atoms with E-state index >= 15 is 0 Å². The van der Waals surface area contributed by atoms with Gasteiger partial charge in [0.15, 0.2) is 0 Å². The molecule has 0 aliphatic carbocycles. The van der Waals surface area contributed by atoms with Gasteiger partial charge in [-0.3, -0.25) is 4.79 Å². The molecule has 0 spiro atoms. The third-order valence-corrected chi connectivity index (χ3v) is 3.89. The van der Waals surface area contributed by atoms with Crippen molar-refractivity contribution in [2.75, 3.05) is 18.6 Å². The summed E-state index contributed by atoms with van der Waals surface area (Å²) < 4.78 is 4.59. The Morgan fingerprint density at radius 1 is 1.54 bits per heavy atom. The SMILES string of the molecule is CCCCCSCC(Br)C(=O)OC. The molecule has 0 aromatic carbocycles. The van der Waals surface area contributed by atoms with Gasteiger partial charge >= 0.3 is 5.97 Å². The molecule has 0 heterocycles. The Kier molecular flexibility index (Phi) is 9.08. The summed E-state index contributed by atoms with van der Waals surface area (Å²) in [4.78, 5) is 10.8. The van der Waals surface area contributed by atoms with Crippen LogP contribution in [0.2, 0.25) is 0 Å². The minimum absolute atomic E-state index is 0.149. The Hall–Kier alpha value is 0.300. The molecule has 0 fully saturated rings. The zero-order valence-electron chi connectivity index (χ0n) is 8.22. The zero-order valence-corrected chi connectivity index (χ0v) is 10.6. The number of ether oxygens (including phenoxy) is 1. The van der Waals surface area contributed by atoms with Gasteiger partial charge in [-0.2, -0.15) is 11.8 Å². The Bertz CT molecular complexity index is 142. The summed E-state index contributed by atoms with van der Waals surface area (Å²) in [6, 6.07) is 0. The number of halogens is 1. The van der Waals surface area contributed by atoms with Crippen LogP contribution >= 0.6 is 27.7 Å². The minimum Gasteiger partial charge on any atom is -0.468 e. The monoisotopic (exact) mass is 268 g/mol. The van der Waals surface area contributed by atoms with Crippen molar-refractivity contribution in [3.05, 3.63) is 0 Å². The van der Waals surface area contributed by atoms with Crippen LogP contribution in [0, 0.1) is 0 Å². The van der Waals surface area contributed by atoms with Crippen molar-refractivity contribution < 1.29 is 9.53 Å². The lowest BCUT2D eigenvalue weighted by molar-refractivity contribution is -0.139. The maximum atomic E-state index is 10.9. The van der Waals surface area contributed by atoms with E-state index in [4.69, 9.17) is 0 Å². The molecule has 78 valence electrons. The van der Waals surface area contributed by atoms with Gasteiger partial charge in [0.1, 0.15) is 4.83 Å². The predicted octanol–water partition coefficient (Wildman–Crippen LogP) is 2.85. The molecule has 0 aromatic rings. The van der Waals surface area contributed by atoms with Gasteiger partial charge in [-0.25, -0.2) is 0 Å². The van der Waals surface area contributed by atoms with E-state index in [1.54, 1.807) is 11.8 Å². The molecule has 0 aromatic heterocycles. The van der Waals surface area contributed by atoms with Crippen LogP contribution in [-0.2, 0) is 9.53 Å². The van der Waals surface area contributed by atoms with Gasteiger partial charge in [0.25, 0.3) is 0 Å². The number of alkyl halides is 1. The molecule has 1 atom stereocenters. The summed E-state index contributed by atoms with van der Waals surface area (Å²) in [6.07, 6.45) is 3.76. The smallest absolute Gasteiger partial charge is 0.320 e. The van der Waals surface area contributed by atoms with Gasteiger partial charge in [0, 0.05) is 5.75 Å². The van der Waals surface area contributed by atoms with Crippen LogP contribution in [-0.4, -0.2) is 29.4 Å². The van der Waals surface area contributed by atoms with E-state index in [1.165, 1.54) is 26.4 Å². The number of thioether (sulfide) groups is 1. The Labute approximate surface area is 92.9 Å². The molecule has 0 saturated heterocycles. The van der Waals surface area contributed by atoms with Crippen molar-refractivity contribution in [3.8, 4) is 0 Å². The van der Waals surface area contributed by atoms with Crippen molar-refractivity contribution in [1.82, 2.24) is 0 Å². The average Bonchev–Trinajstić information content (AvgIpc) is 2.16. The van der Waals surface area contributed by atoms with E-state index in [2.05, 4.69) is 27.6 Å². The lowest BCUT2D eigenvalue weighted by Crippen LogP contribution is -2.18. The maximum Gasteiger partial charge on any atom is 0.320 e. The van der Waals surface area contributed by atoms with E-state index in [-0.39, 0.29) is 10.8 Å². The summed E-state index contributed by atoms with van der Waals surface area (Å²) in [5.41, 5.74) is 0. The molecule has 0 aliphatic heterocycles. The lowest BCUT2D eigenvalue weighted by Gasteiger charge is -2.06. The third-order valence-electron chi connectivity index (χ3n) is 1.61. The first-order chi connectivity index (χ1) is 6.22. The number of hydrogen-bond acceptors (Lipinski definition) is 3. The molecule has 0 amide bonds. The highest BCUT2D eigenvalue weighted by molar-refractivity contribution is 9.10. The predicted molar refractivity (Wildman–Crippen MR) is 61.6 cm³/mol. The summed E-state index contributed by atoms with van der Waals surface area (Å²) >= 11 is 5.07. The first-order valence-corrected chi connectivity index (χ1v) is 6.59. The number of esters is 1. The van der Waals surface area contributed by atoms with Crippen LogP contribution in [0.1, 0.15) is 26.2 Å². The van der Waals surface area contributed by atoms with Gasteiger partial charge in [-0.05, 0) is 12.2 Å². The van der Waals surface area contributed by atoms with Crippen molar-refractivity contribution in [1.29, 1.82) is 0 Å². The van der Waals surface area contributed by atoms with Crippen LogP contribution in [0.25, 0.3) is 0 Å². The molecule has 0 saturated carbocycles. The number of carbonyl (C=O) groups excluding carboxylic acids is 1. The van der Waals surface area contributed by atoms with Crippen LogP contribution in [0.4, 0.5) is 0 Å². The second-order valence-corrected chi connectivity index (χ2v) is 5.03. The fraction of sp³-hybridized carbons (Fsp3) is 0.889. The first kappa shape index (κ1) is 13.3. The summed E-state index contributed by atoms with van der Waals surface area (Å²) in [5.74, 6) is 1.76. The number of carbonyl (C=O) groups is 1. The lowest BCUT2D eigenvalue weighted by atomic mass is 10.3. The topological polar surface area (TPSA) is 26.3 Å². The molecule has 4 heteroatoms. The van der Waals surface area contributed by atoms with Gasteiger partial charge in [0.05, 0.1) is 7.11 Å². The second kappa shape index (κ2) is 8.88. The van der Waals surface area contributed by atoms with E-state index in [1.807, 2.05) is 0 Å². The molecule has 0 aliphatic rings. The van der Waals surface area contributed by atoms with Gasteiger partial charge in [0.2, 0.25) is 0 Å². The number of unbranched alkanes of at least 4 members (excludes halogenated alkanes) is 2. The number of methoxy groups -OCH3 is 1. The second-order valence-electron chi connectivity index (χ2n) is 2.77. The highest BCUT2D eigenvalue weighted by Gasteiger charge is 2.14. The van der Waals surface area contributed by atoms with Crippen molar-refractivity contribution in [2.24, 2.45) is 0 Å².